The molecule has 102 valence electrons. The number of carbonyl (C=O) groups excluding carboxylic acids is 2. The van der Waals surface area contributed by atoms with E-state index in [1.807, 2.05) is 0 Å². The highest BCUT2D eigenvalue weighted by molar-refractivity contribution is 7.99. The Morgan fingerprint density at radius 1 is 1.22 bits per heavy atom. The molecule has 0 saturated carbocycles. The van der Waals surface area contributed by atoms with E-state index >= 15 is 0 Å². The maximum Gasteiger partial charge on any atom is 0.329 e. The minimum Gasteiger partial charge on any atom is -0.480 e. The Labute approximate surface area is 109 Å². The molecule has 0 spiro atoms. The van der Waals surface area contributed by atoms with Crippen molar-refractivity contribution in [3.63, 3.8) is 0 Å². The number of carboxylic acids is 1. The molecule has 0 aliphatic carbocycles. The van der Waals surface area contributed by atoms with Gasteiger partial charge in [0.2, 0.25) is 0 Å². The topological polar surface area (TPSA) is 95.9 Å². The number of hydrogen-bond acceptors (Lipinski definition) is 5. The van der Waals surface area contributed by atoms with Gasteiger partial charge >= 0.3 is 12.0 Å². The second-order valence-electron chi connectivity index (χ2n) is 3.69. The first-order chi connectivity index (χ1) is 8.59. The highest BCUT2D eigenvalue weighted by Crippen LogP contribution is 2.09. The van der Waals surface area contributed by atoms with Gasteiger partial charge in [0.05, 0.1) is 0 Å². The van der Waals surface area contributed by atoms with Crippen LogP contribution in [0.15, 0.2) is 0 Å². The van der Waals surface area contributed by atoms with Gasteiger partial charge in [0, 0.05) is 18.8 Å². The molecule has 1 heterocycles. The molecule has 0 aromatic rings. The molecule has 0 radical (unpaired) electrons. The van der Waals surface area contributed by atoms with E-state index < -0.39 is 31.1 Å². The number of ether oxygens (including phenoxy) is 1. The standard InChI is InChI=1S/C10H16N2O5S/c13-8(6-17-7-9(14)15)11-10(16)12-2-1-4-18-5-3-12/h1-7H2,(H,14,15)(H,11,13,16). The number of thioether (sulfide) groups is 1. The van der Waals surface area contributed by atoms with Gasteiger partial charge in [-0.1, -0.05) is 0 Å². The maximum atomic E-state index is 11.7. The molecule has 18 heavy (non-hydrogen) atoms. The van der Waals surface area contributed by atoms with Gasteiger partial charge in [0.25, 0.3) is 5.91 Å². The van der Waals surface area contributed by atoms with Crippen LogP contribution >= 0.6 is 11.8 Å². The van der Waals surface area contributed by atoms with Crippen LogP contribution in [0.25, 0.3) is 0 Å². The van der Waals surface area contributed by atoms with E-state index in [1.165, 1.54) is 0 Å². The molecule has 0 bridgehead atoms. The van der Waals surface area contributed by atoms with Crippen LogP contribution in [0.1, 0.15) is 6.42 Å². The monoisotopic (exact) mass is 276 g/mol. The number of amides is 3. The minimum atomic E-state index is -1.15. The summed E-state index contributed by atoms with van der Waals surface area (Å²) in [6.07, 6.45) is 0.905. The molecule has 1 aliphatic rings. The quantitative estimate of drug-likeness (QED) is 0.736. The molecular weight excluding hydrogens is 260 g/mol. The number of rotatable bonds is 4. The van der Waals surface area contributed by atoms with E-state index in [2.05, 4.69) is 10.1 Å². The smallest absolute Gasteiger partial charge is 0.329 e. The van der Waals surface area contributed by atoms with E-state index in [1.54, 1.807) is 16.7 Å². The second-order valence-corrected chi connectivity index (χ2v) is 4.92. The molecule has 3 amide bonds. The third-order valence-corrected chi connectivity index (χ3v) is 3.26. The molecule has 1 saturated heterocycles. The third kappa shape index (κ3) is 5.87. The number of carbonyl (C=O) groups is 3. The third-order valence-electron chi connectivity index (χ3n) is 2.21. The van der Waals surface area contributed by atoms with E-state index in [0.29, 0.717) is 13.1 Å². The van der Waals surface area contributed by atoms with Crippen LogP contribution in [0.3, 0.4) is 0 Å². The summed E-state index contributed by atoms with van der Waals surface area (Å²) < 4.78 is 4.58. The fourth-order valence-electron chi connectivity index (χ4n) is 1.41. The van der Waals surface area contributed by atoms with Crippen LogP contribution in [0.4, 0.5) is 4.79 Å². The average molecular weight is 276 g/mol. The summed E-state index contributed by atoms with van der Waals surface area (Å²) in [5.74, 6) is 0.0909. The Morgan fingerprint density at radius 3 is 2.72 bits per heavy atom. The molecule has 1 aliphatic heterocycles. The molecule has 1 fully saturated rings. The first-order valence-electron chi connectivity index (χ1n) is 5.55. The number of imide groups is 1. The first kappa shape index (κ1) is 14.8. The van der Waals surface area contributed by atoms with E-state index in [9.17, 15) is 14.4 Å². The van der Waals surface area contributed by atoms with Crippen LogP contribution in [-0.4, -0.2) is 65.7 Å². The Morgan fingerprint density at radius 2 is 2.00 bits per heavy atom. The first-order valence-corrected chi connectivity index (χ1v) is 6.71. The van der Waals surface area contributed by atoms with E-state index in [4.69, 9.17) is 5.11 Å². The fraction of sp³-hybridized carbons (Fsp3) is 0.700. The Kier molecular flexibility index (Phi) is 6.51. The summed E-state index contributed by atoms with van der Waals surface area (Å²) in [6.45, 7) is 0.254. The minimum absolute atomic E-state index is 0.430. The molecule has 1 rings (SSSR count). The van der Waals surface area contributed by atoms with Gasteiger partial charge in [-0.3, -0.25) is 10.1 Å². The summed E-state index contributed by atoms with van der Waals surface area (Å²) in [6, 6.07) is -0.443. The Hall–Kier alpha value is -1.28. The number of carboxylic acid groups (broad SMARTS) is 1. The lowest BCUT2D eigenvalue weighted by molar-refractivity contribution is -0.143. The zero-order valence-electron chi connectivity index (χ0n) is 9.89. The zero-order chi connectivity index (χ0) is 13.4. The van der Waals surface area contributed by atoms with Crippen molar-refractivity contribution in [2.75, 3.05) is 37.8 Å². The van der Waals surface area contributed by atoms with Crippen molar-refractivity contribution < 1.29 is 24.2 Å². The summed E-state index contributed by atoms with van der Waals surface area (Å²) >= 11 is 1.78. The lowest BCUT2D eigenvalue weighted by Gasteiger charge is -2.19. The van der Waals surface area contributed by atoms with E-state index in [-0.39, 0.29) is 0 Å². The van der Waals surface area contributed by atoms with Crippen LogP contribution in [0, 0.1) is 0 Å². The van der Waals surface area contributed by atoms with Gasteiger partial charge in [-0.25, -0.2) is 9.59 Å². The summed E-state index contributed by atoms with van der Waals surface area (Å²) in [5, 5.41) is 10.5. The van der Waals surface area contributed by atoms with Crippen molar-refractivity contribution in [1.29, 1.82) is 0 Å². The van der Waals surface area contributed by atoms with Gasteiger partial charge in [-0.2, -0.15) is 11.8 Å². The summed E-state index contributed by atoms with van der Waals surface area (Å²) in [4.78, 5) is 34.7. The molecular formula is C10H16N2O5S. The Balaban J connectivity index is 2.25. The average Bonchev–Trinajstić information content (AvgIpc) is 2.56. The van der Waals surface area contributed by atoms with Crippen molar-refractivity contribution in [3.05, 3.63) is 0 Å². The van der Waals surface area contributed by atoms with Gasteiger partial charge < -0.3 is 14.7 Å². The molecule has 0 atom stereocenters. The van der Waals surface area contributed by atoms with Gasteiger partial charge in [-0.05, 0) is 12.2 Å². The van der Waals surface area contributed by atoms with E-state index in [0.717, 1.165) is 17.9 Å². The SMILES string of the molecule is O=C(O)COCC(=O)NC(=O)N1CCCSCC1. The molecule has 7 nitrogen and oxygen atoms in total. The largest absolute Gasteiger partial charge is 0.480 e. The molecule has 0 unspecified atom stereocenters. The summed E-state index contributed by atoms with van der Waals surface area (Å²) in [7, 11) is 0. The zero-order valence-corrected chi connectivity index (χ0v) is 10.7. The molecule has 8 heteroatoms. The normalized spacial score (nSPS) is 15.9. The van der Waals surface area contributed by atoms with Gasteiger partial charge in [0.15, 0.2) is 0 Å². The van der Waals surface area contributed by atoms with Crippen molar-refractivity contribution in [3.8, 4) is 0 Å². The molecule has 0 aromatic carbocycles. The van der Waals surface area contributed by atoms with Crippen molar-refractivity contribution >= 4 is 29.7 Å². The van der Waals surface area contributed by atoms with Crippen LogP contribution < -0.4 is 5.32 Å². The lowest BCUT2D eigenvalue weighted by atomic mass is 10.4. The lowest BCUT2D eigenvalue weighted by Crippen LogP contribution is -2.45. The predicted octanol–water partition coefficient (Wildman–Crippen LogP) is -0.237. The number of aliphatic carboxylic acids is 1. The number of urea groups is 1. The Bertz CT molecular complexity index is 315. The predicted molar refractivity (Wildman–Crippen MR) is 65.5 cm³/mol. The van der Waals surface area contributed by atoms with Crippen LogP contribution in [0.2, 0.25) is 0 Å². The van der Waals surface area contributed by atoms with Crippen molar-refractivity contribution in [2.45, 2.75) is 6.42 Å². The van der Waals surface area contributed by atoms with Crippen LogP contribution in [-0.2, 0) is 14.3 Å². The maximum absolute atomic E-state index is 11.7. The number of nitrogens with zero attached hydrogens (tertiary/aromatic N) is 1. The second kappa shape index (κ2) is 7.93. The van der Waals surface area contributed by atoms with Gasteiger partial charge in [0.1, 0.15) is 13.2 Å². The van der Waals surface area contributed by atoms with Crippen molar-refractivity contribution in [2.24, 2.45) is 0 Å². The van der Waals surface area contributed by atoms with Crippen molar-refractivity contribution in [1.82, 2.24) is 10.2 Å². The number of nitrogens with one attached hydrogen (secondary N) is 1. The fourth-order valence-corrected chi connectivity index (χ4v) is 2.30. The highest BCUT2D eigenvalue weighted by atomic mass is 32.2. The molecule has 2 N–H and O–H groups in total. The summed E-state index contributed by atoms with van der Waals surface area (Å²) in [5.41, 5.74) is 0. The van der Waals surface area contributed by atoms with Gasteiger partial charge in [-0.15, -0.1) is 0 Å². The highest BCUT2D eigenvalue weighted by Gasteiger charge is 2.17. The van der Waals surface area contributed by atoms with Crippen LogP contribution in [0.5, 0.6) is 0 Å². The molecule has 0 aromatic heterocycles. The number of hydrogen-bond donors (Lipinski definition) is 2.